The highest BCUT2D eigenvalue weighted by molar-refractivity contribution is 8.02. The number of likely N-dealkylation sites (tertiary alicyclic amines) is 1. The number of nitrogens with zero attached hydrogens (tertiary/aromatic N) is 3. The van der Waals surface area contributed by atoms with Gasteiger partial charge in [0.15, 0.2) is 0 Å². The molecule has 0 radical (unpaired) electrons. The summed E-state index contributed by atoms with van der Waals surface area (Å²) in [6.45, 7) is 13.1. The van der Waals surface area contributed by atoms with E-state index in [1.54, 1.807) is 45.7 Å². The molecule has 2 unspecified atom stereocenters. The van der Waals surface area contributed by atoms with Crippen molar-refractivity contribution < 1.29 is 19.5 Å². The minimum absolute atomic E-state index is 0.0268. The minimum atomic E-state index is -0.635. The zero-order valence-corrected chi connectivity index (χ0v) is 24.4. The number of carbonyl (C=O) groups is 3. The Hall–Kier alpha value is -2.58. The third-order valence-corrected chi connectivity index (χ3v) is 10.6. The molecule has 4 rings (SSSR count). The highest BCUT2D eigenvalue weighted by Gasteiger charge is 2.74. The number of likely N-dealkylation sites (N-methyl/N-ethyl adjacent to an activating group) is 1. The molecule has 1 N–H and O–H groups in total. The van der Waals surface area contributed by atoms with Gasteiger partial charge < -0.3 is 19.8 Å². The van der Waals surface area contributed by atoms with Gasteiger partial charge in [-0.2, -0.15) is 0 Å². The zero-order chi connectivity index (χ0) is 28.3. The van der Waals surface area contributed by atoms with Gasteiger partial charge in [0, 0.05) is 44.2 Å². The molecular weight excluding hydrogens is 510 g/mol. The maximum absolute atomic E-state index is 14.7. The Labute approximate surface area is 237 Å². The molecule has 0 saturated carbocycles. The molecule has 212 valence electrons. The molecule has 1 aromatic rings. The standard InChI is InChI=1S/C31H43N3O4S/c1-6-17-32(5)28(36)24-23-15-16-31(39-23)25(24)29(37)34(19-10-8-9-11-20-35)27(31)30(38)33(18-7-2)26-21(3)13-12-14-22(26)4/h6-7,12-14,23-25,27,35H,1-2,8-11,15-20H2,3-5H3/t23-,24+,25-,27?,31?/m0/s1. The Morgan fingerprint density at radius 2 is 1.77 bits per heavy atom. The zero-order valence-electron chi connectivity index (χ0n) is 23.6. The van der Waals surface area contributed by atoms with E-state index < -0.39 is 22.6 Å². The Bertz CT molecular complexity index is 1100. The average Bonchev–Trinajstić information content (AvgIpc) is 3.55. The summed E-state index contributed by atoms with van der Waals surface area (Å²) in [7, 11) is 1.76. The lowest BCUT2D eigenvalue weighted by atomic mass is 9.70. The number of aryl methyl sites for hydroxylation is 2. The van der Waals surface area contributed by atoms with E-state index >= 15 is 0 Å². The highest BCUT2D eigenvalue weighted by atomic mass is 32.2. The number of aliphatic hydroxyl groups excluding tert-OH is 1. The molecule has 3 heterocycles. The van der Waals surface area contributed by atoms with Crippen LogP contribution in [0.1, 0.15) is 49.7 Å². The average molecular weight is 554 g/mol. The van der Waals surface area contributed by atoms with Crippen LogP contribution in [0.2, 0.25) is 0 Å². The number of benzene rings is 1. The van der Waals surface area contributed by atoms with Crippen LogP contribution in [0.15, 0.2) is 43.5 Å². The lowest BCUT2D eigenvalue weighted by molar-refractivity contribution is -0.143. The first kappa shape index (κ1) is 29.4. The predicted octanol–water partition coefficient (Wildman–Crippen LogP) is 4.11. The maximum Gasteiger partial charge on any atom is 0.251 e. The molecule has 0 aromatic heterocycles. The quantitative estimate of drug-likeness (QED) is 0.294. The first-order valence-corrected chi connectivity index (χ1v) is 15.0. The van der Waals surface area contributed by atoms with Crippen molar-refractivity contribution in [2.75, 3.05) is 38.2 Å². The van der Waals surface area contributed by atoms with Crippen LogP contribution < -0.4 is 4.90 Å². The third-order valence-electron chi connectivity index (χ3n) is 8.69. The monoisotopic (exact) mass is 553 g/mol. The van der Waals surface area contributed by atoms with Crippen LogP contribution in [0.5, 0.6) is 0 Å². The van der Waals surface area contributed by atoms with E-state index in [2.05, 4.69) is 13.2 Å². The number of aliphatic hydroxyl groups is 1. The summed E-state index contributed by atoms with van der Waals surface area (Å²) in [6.07, 6.45) is 8.25. The number of hydrogen-bond acceptors (Lipinski definition) is 5. The molecule has 5 atom stereocenters. The molecule has 3 aliphatic heterocycles. The van der Waals surface area contributed by atoms with Gasteiger partial charge in [-0.15, -0.1) is 24.9 Å². The number of carbonyl (C=O) groups excluding carboxylic acids is 3. The summed E-state index contributed by atoms with van der Waals surface area (Å²) in [5.41, 5.74) is 2.87. The molecule has 3 aliphatic rings. The van der Waals surface area contributed by atoms with Crippen LogP contribution in [0.25, 0.3) is 0 Å². The fourth-order valence-electron chi connectivity index (χ4n) is 7.04. The van der Waals surface area contributed by atoms with Crippen molar-refractivity contribution in [3.05, 3.63) is 54.6 Å². The first-order valence-electron chi connectivity index (χ1n) is 14.2. The van der Waals surface area contributed by atoms with Crippen molar-refractivity contribution in [1.82, 2.24) is 9.80 Å². The normalized spacial score (nSPS) is 27.0. The maximum atomic E-state index is 14.7. The Balaban J connectivity index is 1.74. The number of fused-ring (bicyclic) bond motifs is 1. The van der Waals surface area contributed by atoms with Gasteiger partial charge in [0.05, 0.1) is 16.6 Å². The SMILES string of the molecule is C=CCN(C)C(=O)[C@@H]1[C@@H]2CCC3(S2)C(C(=O)N(CC=C)c2c(C)cccc2C)N(CCCCCCO)C(=O)[C@H]13. The largest absolute Gasteiger partial charge is 0.396 e. The van der Waals surface area contributed by atoms with Crippen molar-refractivity contribution in [3.63, 3.8) is 0 Å². The van der Waals surface area contributed by atoms with E-state index in [1.165, 1.54) is 0 Å². The molecule has 3 amide bonds. The third kappa shape index (κ3) is 5.18. The van der Waals surface area contributed by atoms with Gasteiger partial charge in [-0.25, -0.2) is 0 Å². The lowest BCUT2D eigenvalue weighted by Gasteiger charge is -2.38. The summed E-state index contributed by atoms with van der Waals surface area (Å²) in [4.78, 5) is 47.8. The van der Waals surface area contributed by atoms with Crippen molar-refractivity contribution in [2.45, 2.75) is 68.4 Å². The number of hydrogen-bond donors (Lipinski definition) is 1. The van der Waals surface area contributed by atoms with Gasteiger partial charge in [-0.1, -0.05) is 43.2 Å². The topological polar surface area (TPSA) is 81.2 Å². The van der Waals surface area contributed by atoms with Gasteiger partial charge in [0.1, 0.15) is 6.04 Å². The molecular formula is C31H43N3O4S. The lowest BCUT2D eigenvalue weighted by Crippen LogP contribution is -2.55. The van der Waals surface area contributed by atoms with Crippen molar-refractivity contribution in [3.8, 4) is 0 Å². The van der Waals surface area contributed by atoms with Crippen LogP contribution in [-0.2, 0) is 14.4 Å². The number of amides is 3. The minimum Gasteiger partial charge on any atom is -0.396 e. The fraction of sp³-hybridized carbons (Fsp3) is 0.581. The molecule has 3 saturated heterocycles. The summed E-state index contributed by atoms with van der Waals surface area (Å²) in [6, 6.07) is 5.36. The molecule has 39 heavy (non-hydrogen) atoms. The number of para-hydroxylation sites is 1. The van der Waals surface area contributed by atoms with Gasteiger partial charge >= 0.3 is 0 Å². The van der Waals surface area contributed by atoms with Crippen LogP contribution >= 0.6 is 11.8 Å². The van der Waals surface area contributed by atoms with Crippen LogP contribution in [-0.4, -0.2) is 82.0 Å². The molecule has 1 spiro atoms. The Morgan fingerprint density at radius 1 is 1.10 bits per heavy atom. The van der Waals surface area contributed by atoms with E-state index in [4.69, 9.17) is 0 Å². The van der Waals surface area contributed by atoms with E-state index in [0.717, 1.165) is 55.3 Å². The van der Waals surface area contributed by atoms with Crippen molar-refractivity contribution in [2.24, 2.45) is 11.8 Å². The number of anilines is 1. The molecule has 1 aromatic carbocycles. The molecule has 2 bridgehead atoms. The summed E-state index contributed by atoms with van der Waals surface area (Å²) in [5.74, 6) is -1.10. The second-order valence-corrected chi connectivity index (χ2v) is 12.8. The molecule has 3 fully saturated rings. The highest BCUT2D eigenvalue weighted by Crippen LogP contribution is 2.66. The van der Waals surface area contributed by atoms with Gasteiger partial charge in [0.2, 0.25) is 11.8 Å². The molecule has 8 heteroatoms. The smallest absolute Gasteiger partial charge is 0.251 e. The van der Waals surface area contributed by atoms with Crippen LogP contribution in [0.3, 0.4) is 0 Å². The number of unbranched alkanes of at least 4 members (excludes halogenated alkanes) is 3. The van der Waals surface area contributed by atoms with Crippen LogP contribution in [0, 0.1) is 25.7 Å². The summed E-state index contributed by atoms with van der Waals surface area (Å²) < 4.78 is -0.616. The van der Waals surface area contributed by atoms with E-state index in [9.17, 15) is 19.5 Å². The predicted molar refractivity (Wildman–Crippen MR) is 158 cm³/mol. The molecule has 7 nitrogen and oxygen atoms in total. The van der Waals surface area contributed by atoms with Gasteiger partial charge in [0.25, 0.3) is 5.91 Å². The fourth-order valence-corrected chi connectivity index (χ4v) is 9.25. The Morgan fingerprint density at radius 3 is 2.41 bits per heavy atom. The Kier molecular flexibility index (Phi) is 9.27. The van der Waals surface area contributed by atoms with E-state index in [-0.39, 0.29) is 29.6 Å². The van der Waals surface area contributed by atoms with Crippen molar-refractivity contribution >= 4 is 35.2 Å². The van der Waals surface area contributed by atoms with Crippen LogP contribution in [0.4, 0.5) is 5.69 Å². The second kappa shape index (κ2) is 12.3. The van der Waals surface area contributed by atoms with Crippen molar-refractivity contribution in [1.29, 1.82) is 0 Å². The van der Waals surface area contributed by atoms with E-state index in [1.807, 2.05) is 32.0 Å². The second-order valence-electron chi connectivity index (χ2n) is 11.2. The summed E-state index contributed by atoms with van der Waals surface area (Å²) >= 11 is 1.71. The first-order chi connectivity index (χ1) is 18.7. The number of rotatable bonds is 13. The van der Waals surface area contributed by atoms with Gasteiger partial charge in [-0.3, -0.25) is 14.4 Å². The van der Waals surface area contributed by atoms with Gasteiger partial charge in [-0.05, 0) is 50.7 Å². The summed E-state index contributed by atoms with van der Waals surface area (Å²) in [5, 5.41) is 9.21. The molecule has 0 aliphatic carbocycles. The van der Waals surface area contributed by atoms with E-state index in [0.29, 0.717) is 19.6 Å². The number of thioether (sulfide) groups is 1.